The maximum atomic E-state index is 13.8. The van der Waals surface area contributed by atoms with Gasteiger partial charge in [-0.25, -0.2) is 8.78 Å². The van der Waals surface area contributed by atoms with E-state index >= 15 is 0 Å². The number of hydrogen-bond acceptors (Lipinski definition) is 2. The minimum Gasteiger partial charge on any atom is -0.380 e. The summed E-state index contributed by atoms with van der Waals surface area (Å²) < 4.78 is 33.1. The average molecular weight is 467 g/mol. The van der Waals surface area contributed by atoms with Crippen LogP contribution >= 0.6 is 24.0 Å². The second-order valence-electron chi connectivity index (χ2n) is 6.52. The second-order valence-corrected chi connectivity index (χ2v) is 6.52. The molecule has 1 aliphatic carbocycles. The Bertz CT molecular complexity index is 549. The summed E-state index contributed by atoms with van der Waals surface area (Å²) in [5.74, 6) is 0.160. The lowest BCUT2D eigenvalue weighted by Crippen LogP contribution is -2.40. The van der Waals surface area contributed by atoms with Gasteiger partial charge in [-0.15, -0.1) is 24.0 Å². The zero-order chi connectivity index (χ0) is 17.5. The van der Waals surface area contributed by atoms with Crippen molar-refractivity contribution in [3.8, 4) is 0 Å². The molecule has 0 aromatic heterocycles. The molecule has 4 nitrogen and oxygen atoms in total. The third-order valence-corrected chi connectivity index (χ3v) is 4.09. The van der Waals surface area contributed by atoms with Gasteiger partial charge in [0.15, 0.2) is 5.96 Å². The van der Waals surface area contributed by atoms with Crippen LogP contribution in [0, 0.1) is 17.6 Å². The van der Waals surface area contributed by atoms with Crippen LogP contribution in [0.25, 0.3) is 0 Å². The predicted octanol–water partition coefficient (Wildman–Crippen LogP) is 3.67. The minimum absolute atomic E-state index is 0. The van der Waals surface area contributed by atoms with E-state index in [4.69, 9.17) is 4.74 Å². The number of guanidine groups is 1. The summed E-state index contributed by atoms with van der Waals surface area (Å²) in [5.41, 5.74) is 0.169. The summed E-state index contributed by atoms with van der Waals surface area (Å²) in [7, 11) is 1.68. The summed E-state index contributed by atoms with van der Waals surface area (Å²) in [5, 5.41) is 6.36. The molecular formula is C18H28F2IN3O. The maximum Gasteiger partial charge on any atom is 0.191 e. The third-order valence-electron chi connectivity index (χ3n) is 4.09. The van der Waals surface area contributed by atoms with Gasteiger partial charge in [0.05, 0.1) is 6.61 Å². The van der Waals surface area contributed by atoms with E-state index < -0.39 is 11.6 Å². The molecule has 7 heteroatoms. The molecule has 0 heterocycles. The molecule has 1 saturated carbocycles. The lowest BCUT2D eigenvalue weighted by atomic mass is 10.1. The van der Waals surface area contributed by atoms with Crippen LogP contribution in [-0.4, -0.2) is 38.8 Å². The molecule has 2 N–H and O–H groups in total. The molecule has 2 unspecified atom stereocenters. The van der Waals surface area contributed by atoms with Crippen molar-refractivity contribution in [2.24, 2.45) is 10.9 Å². The second kappa shape index (κ2) is 10.9. The Morgan fingerprint density at radius 2 is 1.96 bits per heavy atom. The van der Waals surface area contributed by atoms with Crippen LogP contribution in [0.15, 0.2) is 23.2 Å². The van der Waals surface area contributed by atoms with Crippen LogP contribution < -0.4 is 10.6 Å². The topological polar surface area (TPSA) is 45.7 Å². The molecule has 0 aliphatic heterocycles. The third kappa shape index (κ3) is 7.05. The van der Waals surface area contributed by atoms with Gasteiger partial charge in [-0.3, -0.25) is 4.99 Å². The zero-order valence-corrected chi connectivity index (χ0v) is 17.3. The number of halogens is 3. The van der Waals surface area contributed by atoms with Crippen molar-refractivity contribution in [3.05, 3.63) is 35.4 Å². The first kappa shape index (κ1) is 22.1. The van der Waals surface area contributed by atoms with Gasteiger partial charge in [-0.05, 0) is 30.9 Å². The number of benzene rings is 1. The van der Waals surface area contributed by atoms with Gasteiger partial charge < -0.3 is 15.4 Å². The molecule has 1 fully saturated rings. The van der Waals surface area contributed by atoms with Gasteiger partial charge in [0.2, 0.25) is 0 Å². The summed E-state index contributed by atoms with van der Waals surface area (Å²) in [6.07, 6.45) is 1.74. The fraction of sp³-hybridized carbons (Fsp3) is 0.611. The van der Waals surface area contributed by atoms with Gasteiger partial charge in [-0.2, -0.15) is 0 Å². The number of nitrogens with one attached hydrogen (secondary N) is 2. The fourth-order valence-corrected chi connectivity index (χ4v) is 2.57. The Kier molecular flexibility index (Phi) is 9.63. The lowest BCUT2D eigenvalue weighted by Gasteiger charge is -2.13. The van der Waals surface area contributed by atoms with Crippen molar-refractivity contribution in [1.29, 1.82) is 0 Å². The van der Waals surface area contributed by atoms with Crippen LogP contribution in [-0.2, 0) is 4.74 Å². The summed E-state index contributed by atoms with van der Waals surface area (Å²) in [4.78, 5) is 4.14. The Morgan fingerprint density at radius 3 is 2.56 bits per heavy atom. The van der Waals surface area contributed by atoms with E-state index in [-0.39, 0.29) is 41.5 Å². The van der Waals surface area contributed by atoms with Crippen molar-refractivity contribution in [1.82, 2.24) is 10.6 Å². The van der Waals surface area contributed by atoms with Crippen molar-refractivity contribution in [2.45, 2.75) is 38.6 Å². The van der Waals surface area contributed by atoms with E-state index in [2.05, 4.69) is 29.5 Å². The number of aliphatic imine (C=N–C) groups is 1. The van der Waals surface area contributed by atoms with Crippen LogP contribution in [0.4, 0.5) is 8.78 Å². The Morgan fingerprint density at radius 1 is 1.28 bits per heavy atom. The molecule has 1 aromatic carbocycles. The van der Waals surface area contributed by atoms with E-state index in [9.17, 15) is 8.78 Å². The van der Waals surface area contributed by atoms with Gasteiger partial charge in [0, 0.05) is 37.7 Å². The molecule has 2 rings (SSSR count). The molecule has 2 atom stereocenters. The molecule has 0 saturated heterocycles. The highest BCUT2D eigenvalue weighted by Gasteiger charge is 2.42. The van der Waals surface area contributed by atoms with Gasteiger partial charge >= 0.3 is 0 Å². The standard InChI is InChI=1S/C18H27F2N3O.HI/c1-12(2)7-9-24-10-8-22-18(21-3)23-16-11-13(16)17-14(19)5-4-6-15(17)20;/h4-6,12-13,16H,7-11H2,1-3H3,(H2,21,22,23);1H. The molecule has 1 aromatic rings. The number of hydrogen-bond donors (Lipinski definition) is 2. The summed E-state index contributed by atoms with van der Waals surface area (Å²) in [6.45, 7) is 6.32. The van der Waals surface area contributed by atoms with E-state index in [0.717, 1.165) is 13.0 Å². The van der Waals surface area contributed by atoms with E-state index in [0.29, 0.717) is 31.4 Å². The van der Waals surface area contributed by atoms with E-state index in [1.54, 1.807) is 7.05 Å². The first-order valence-corrected chi connectivity index (χ1v) is 8.51. The van der Waals surface area contributed by atoms with Gasteiger partial charge in [0.25, 0.3) is 0 Å². The first-order chi connectivity index (χ1) is 11.5. The monoisotopic (exact) mass is 467 g/mol. The smallest absolute Gasteiger partial charge is 0.191 e. The molecule has 142 valence electrons. The van der Waals surface area contributed by atoms with Crippen LogP contribution in [0.2, 0.25) is 0 Å². The normalized spacial score (nSPS) is 19.5. The van der Waals surface area contributed by atoms with Crippen molar-refractivity contribution in [3.63, 3.8) is 0 Å². The highest BCUT2D eigenvalue weighted by atomic mass is 127. The maximum absolute atomic E-state index is 13.8. The van der Waals surface area contributed by atoms with Crippen molar-refractivity contribution < 1.29 is 13.5 Å². The predicted molar refractivity (Wildman–Crippen MR) is 108 cm³/mol. The molecule has 1 aliphatic rings. The van der Waals surface area contributed by atoms with Gasteiger partial charge in [-0.1, -0.05) is 19.9 Å². The fourth-order valence-electron chi connectivity index (χ4n) is 2.57. The minimum atomic E-state index is -0.481. The summed E-state index contributed by atoms with van der Waals surface area (Å²) >= 11 is 0. The van der Waals surface area contributed by atoms with Crippen LogP contribution in [0.5, 0.6) is 0 Å². The highest BCUT2D eigenvalue weighted by Crippen LogP contribution is 2.42. The SMILES string of the molecule is CN=C(NCCOCCC(C)C)NC1CC1c1c(F)cccc1F.I. The quantitative estimate of drug-likeness (QED) is 0.266. The average Bonchev–Trinajstić information content (AvgIpc) is 3.27. The van der Waals surface area contributed by atoms with Crippen molar-refractivity contribution >= 4 is 29.9 Å². The zero-order valence-electron chi connectivity index (χ0n) is 15.0. The Balaban J connectivity index is 0.00000312. The number of ether oxygens (including phenoxy) is 1. The summed E-state index contributed by atoms with van der Waals surface area (Å²) in [6, 6.07) is 3.99. The highest BCUT2D eigenvalue weighted by molar-refractivity contribution is 14.0. The van der Waals surface area contributed by atoms with E-state index in [1.165, 1.54) is 18.2 Å². The first-order valence-electron chi connectivity index (χ1n) is 8.51. The van der Waals surface area contributed by atoms with Crippen LogP contribution in [0.1, 0.15) is 38.2 Å². The van der Waals surface area contributed by atoms with Crippen LogP contribution in [0.3, 0.4) is 0 Å². The number of rotatable bonds is 8. The molecule has 25 heavy (non-hydrogen) atoms. The Labute approximate surface area is 165 Å². The molecule has 0 amide bonds. The molecule has 0 radical (unpaired) electrons. The molecule has 0 bridgehead atoms. The molecule has 0 spiro atoms. The lowest BCUT2D eigenvalue weighted by molar-refractivity contribution is 0.128. The van der Waals surface area contributed by atoms with Gasteiger partial charge in [0.1, 0.15) is 11.6 Å². The van der Waals surface area contributed by atoms with E-state index in [1.807, 2.05) is 0 Å². The largest absolute Gasteiger partial charge is 0.380 e. The van der Waals surface area contributed by atoms with Crippen molar-refractivity contribution in [2.75, 3.05) is 26.8 Å². The number of nitrogens with zero attached hydrogens (tertiary/aromatic N) is 1. The molecular weight excluding hydrogens is 439 g/mol. The Hall–Kier alpha value is -0.960.